The molecule has 0 radical (unpaired) electrons. The summed E-state index contributed by atoms with van der Waals surface area (Å²) in [4.78, 5) is 11.5. The molecular weight excluding hydrogens is 236 g/mol. The van der Waals surface area contributed by atoms with Crippen LogP contribution in [0.3, 0.4) is 0 Å². The molecule has 0 aliphatic rings. The standard InChI is InChI=1S/C13H20N2O.ClH/c1-3-10(2)13(16)15-9-8-11-4-6-12(14)7-5-11;/h4-7,10H,3,8-9,14H2,1-2H3,(H,15,16);1H. The fraction of sp³-hybridized carbons (Fsp3) is 0.462. The van der Waals surface area contributed by atoms with E-state index in [9.17, 15) is 4.79 Å². The van der Waals surface area contributed by atoms with Gasteiger partial charge in [-0.3, -0.25) is 4.79 Å². The maximum absolute atomic E-state index is 11.5. The molecule has 0 spiro atoms. The van der Waals surface area contributed by atoms with Crippen LogP contribution in [0.4, 0.5) is 5.69 Å². The van der Waals surface area contributed by atoms with Crippen molar-refractivity contribution in [2.45, 2.75) is 26.7 Å². The van der Waals surface area contributed by atoms with Gasteiger partial charge in [-0.25, -0.2) is 0 Å². The third-order valence-electron chi connectivity index (χ3n) is 2.75. The Morgan fingerprint density at radius 2 is 1.94 bits per heavy atom. The fourth-order valence-corrected chi connectivity index (χ4v) is 1.37. The third-order valence-corrected chi connectivity index (χ3v) is 2.75. The molecule has 0 heterocycles. The van der Waals surface area contributed by atoms with Crippen molar-refractivity contribution in [2.24, 2.45) is 5.92 Å². The van der Waals surface area contributed by atoms with Crippen LogP contribution in [-0.2, 0) is 11.2 Å². The van der Waals surface area contributed by atoms with Gasteiger partial charge in [0, 0.05) is 18.2 Å². The first-order chi connectivity index (χ1) is 7.63. The molecule has 0 aromatic heterocycles. The average Bonchev–Trinajstić information content (AvgIpc) is 2.30. The topological polar surface area (TPSA) is 55.1 Å². The summed E-state index contributed by atoms with van der Waals surface area (Å²) in [6.45, 7) is 4.65. The van der Waals surface area contributed by atoms with Crippen LogP contribution >= 0.6 is 12.4 Å². The van der Waals surface area contributed by atoms with Crippen LogP contribution in [0.15, 0.2) is 24.3 Å². The van der Waals surface area contributed by atoms with E-state index < -0.39 is 0 Å². The second-order valence-corrected chi connectivity index (χ2v) is 4.09. The van der Waals surface area contributed by atoms with E-state index in [-0.39, 0.29) is 24.2 Å². The number of carbonyl (C=O) groups excluding carboxylic acids is 1. The highest BCUT2D eigenvalue weighted by atomic mass is 35.5. The molecular formula is C13H21ClN2O. The smallest absolute Gasteiger partial charge is 0.222 e. The number of hydrogen-bond donors (Lipinski definition) is 2. The molecule has 17 heavy (non-hydrogen) atoms. The van der Waals surface area contributed by atoms with Crippen LogP contribution in [0.1, 0.15) is 25.8 Å². The summed E-state index contributed by atoms with van der Waals surface area (Å²) >= 11 is 0. The Labute approximate surface area is 109 Å². The minimum Gasteiger partial charge on any atom is -0.399 e. The quantitative estimate of drug-likeness (QED) is 0.795. The molecule has 1 rings (SSSR count). The second-order valence-electron chi connectivity index (χ2n) is 4.09. The first-order valence-electron chi connectivity index (χ1n) is 5.75. The minimum absolute atomic E-state index is 0. The lowest BCUT2D eigenvalue weighted by molar-refractivity contribution is -0.124. The Morgan fingerprint density at radius 3 is 2.47 bits per heavy atom. The van der Waals surface area contributed by atoms with Gasteiger partial charge in [0.05, 0.1) is 0 Å². The van der Waals surface area contributed by atoms with E-state index in [4.69, 9.17) is 5.73 Å². The predicted molar refractivity (Wildman–Crippen MR) is 74.3 cm³/mol. The van der Waals surface area contributed by atoms with Crippen LogP contribution in [0.5, 0.6) is 0 Å². The molecule has 0 saturated heterocycles. The molecule has 1 unspecified atom stereocenters. The van der Waals surface area contributed by atoms with Crippen molar-refractivity contribution in [3.8, 4) is 0 Å². The Kier molecular flexibility index (Phi) is 7.39. The van der Waals surface area contributed by atoms with E-state index in [1.807, 2.05) is 38.1 Å². The van der Waals surface area contributed by atoms with Crippen molar-refractivity contribution in [3.63, 3.8) is 0 Å². The van der Waals surface area contributed by atoms with Crippen LogP contribution in [0.25, 0.3) is 0 Å². The number of nitrogens with one attached hydrogen (secondary N) is 1. The van der Waals surface area contributed by atoms with E-state index in [0.717, 1.165) is 18.5 Å². The number of carbonyl (C=O) groups is 1. The van der Waals surface area contributed by atoms with Gasteiger partial charge in [0.15, 0.2) is 0 Å². The number of amides is 1. The number of halogens is 1. The highest BCUT2D eigenvalue weighted by molar-refractivity contribution is 5.85. The summed E-state index contributed by atoms with van der Waals surface area (Å²) < 4.78 is 0. The monoisotopic (exact) mass is 256 g/mol. The molecule has 0 fully saturated rings. The van der Waals surface area contributed by atoms with Gasteiger partial charge in [-0.2, -0.15) is 0 Å². The van der Waals surface area contributed by atoms with Gasteiger partial charge in [-0.05, 0) is 30.5 Å². The van der Waals surface area contributed by atoms with Crippen LogP contribution < -0.4 is 11.1 Å². The van der Waals surface area contributed by atoms with Crippen molar-refractivity contribution >= 4 is 24.0 Å². The van der Waals surface area contributed by atoms with Crippen LogP contribution in [0, 0.1) is 5.92 Å². The SMILES string of the molecule is CCC(C)C(=O)NCCc1ccc(N)cc1.Cl. The van der Waals surface area contributed by atoms with Gasteiger partial charge >= 0.3 is 0 Å². The normalized spacial score (nSPS) is 11.4. The van der Waals surface area contributed by atoms with Crippen LogP contribution in [-0.4, -0.2) is 12.5 Å². The van der Waals surface area contributed by atoms with Crippen molar-refractivity contribution < 1.29 is 4.79 Å². The van der Waals surface area contributed by atoms with Gasteiger partial charge in [-0.15, -0.1) is 12.4 Å². The van der Waals surface area contributed by atoms with E-state index in [2.05, 4.69) is 5.32 Å². The molecule has 96 valence electrons. The molecule has 1 aromatic rings. The molecule has 3 nitrogen and oxygen atoms in total. The van der Waals surface area contributed by atoms with Crippen molar-refractivity contribution in [3.05, 3.63) is 29.8 Å². The summed E-state index contributed by atoms with van der Waals surface area (Å²) in [5.41, 5.74) is 7.56. The van der Waals surface area contributed by atoms with Crippen molar-refractivity contribution in [1.82, 2.24) is 5.32 Å². The lowest BCUT2D eigenvalue weighted by atomic mass is 10.1. The number of rotatable bonds is 5. The molecule has 0 bridgehead atoms. The highest BCUT2D eigenvalue weighted by Crippen LogP contribution is 2.06. The van der Waals surface area contributed by atoms with E-state index in [0.29, 0.717) is 6.54 Å². The first kappa shape index (κ1) is 15.8. The lowest BCUT2D eigenvalue weighted by Crippen LogP contribution is -2.30. The molecule has 0 aliphatic heterocycles. The molecule has 1 amide bonds. The second kappa shape index (κ2) is 7.96. The Bertz CT molecular complexity index is 338. The first-order valence-corrected chi connectivity index (χ1v) is 5.75. The largest absolute Gasteiger partial charge is 0.399 e. The zero-order chi connectivity index (χ0) is 12.0. The van der Waals surface area contributed by atoms with E-state index in [1.165, 1.54) is 5.56 Å². The number of nitrogen functional groups attached to an aromatic ring is 1. The predicted octanol–water partition coefficient (Wildman–Crippen LogP) is 2.40. The average molecular weight is 257 g/mol. The van der Waals surface area contributed by atoms with E-state index >= 15 is 0 Å². The zero-order valence-electron chi connectivity index (χ0n) is 10.4. The molecule has 1 aromatic carbocycles. The Balaban J connectivity index is 0.00000256. The summed E-state index contributed by atoms with van der Waals surface area (Å²) in [5, 5.41) is 2.93. The highest BCUT2D eigenvalue weighted by Gasteiger charge is 2.08. The van der Waals surface area contributed by atoms with Gasteiger partial charge in [0.1, 0.15) is 0 Å². The van der Waals surface area contributed by atoms with Gasteiger partial charge < -0.3 is 11.1 Å². The molecule has 4 heteroatoms. The summed E-state index contributed by atoms with van der Waals surface area (Å²) in [5.74, 6) is 0.240. The summed E-state index contributed by atoms with van der Waals surface area (Å²) in [6, 6.07) is 7.74. The maximum Gasteiger partial charge on any atom is 0.222 e. The van der Waals surface area contributed by atoms with Gasteiger partial charge in [-0.1, -0.05) is 26.0 Å². The minimum atomic E-state index is 0. The van der Waals surface area contributed by atoms with Crippen molar-refractivity contribution in [2.75, 3.05) is 12.3 Å². The zero-order valence-corrected chi connectivity index (χ0v) is 11.2. The Morgan fingerprint density at radius 1 is 1.35 bits per heavy atom. The lowest BCUT2D eigenvalue weighted by Gasteiger charge is -2.09. The Hall–Kier alpha value is -1.22. The van der Waals surface area contributed by atoms with Gasteiger partial charge in [0.25, 0.3) is 0 Å². The molecule has 0 saturated carbocycles. The van der Waals surface area contributed by atoms with Crippen LogP contribution in [0.2, 0.25) is 0 Å². The van der Waals surface area contributed by atoms with Gasteiger partial charge in [0.2, 0.25) is 5.91 Å². The molecule has 0 aliphatic carbocycles. The van der Waals surface area contributed by atoms with Crippen molar-refractivity contribution in [1.29, 1.82) is 0 Å². The number of nitrogens with two attached hydrogens (primary N) is 1. The molecule has 3 N–H and O–H groups in total. The third kappa shape index (κ3) is 5.59. The summed E-state index contributed by atoms with van der Waals surface area (Å²) in [6.07, 6.45) is 1.73. The number of hydrogen-bond acceptors (Lipinski definition) is 2. The fourth-order valence-electron chi connectivity index (χ4n) is 1.37. The molecule has 1 atom stereocenters. The number of benzene rings is 1. The summed E-state index contributed by atoms with van der Waals surface area (Å²) in [7, 11) is 0. The maximum atomic E-state index is 11.5. The van der Waals surface area contributed by atoms with E-state index in [1.54, 1.807) is 0 Å². The number of anilines is 1.